The SMILES string of the molecule is O=C1C(Sc2ccc(Cl)cc2)=C(N2CCCCCC2)C(=O)N1Cc1ccccc1. The fourth-order valence-corrected chi connectivity index (χ4v) is 4.88. The zero-order valence-electron chi connectivity index (χ0n) is 16.1. The summed E-state index contributed by atoms with van der Waals surface area (Å²) in [5.74, 6) is -0.393. The highest BCUT2D eigenvalue weighted by Crippen LogP contribution is 2.38. The van der Waals surface area contributed by atoms with Crippen molar-refractivity contribution in [3.63, 3.8) is 0 Å². The Hall–Kier alpha value is -2.24. The van der Waals surface area contributed by atoms with Crippen molar-refractivity contribution in [2.24, 2.45) is 0 Å². The highest BCUT2D eigenvalue weighted by Gasteiger charge is 2.41. The summed E-state index contributed by atoms with van der Waals surface area (Å²) in [4.78, 5) is 31.6. The number of carbonyl (C=O) groups excluding carboxylic acids is 2. The maximum absolute atomic E-state index is 13.4. The number of nitrogens with zero attached hydrogens (tertiary/aromatic N) is 2. The van der Waals surface area contributed by atoms with E-state index in [2.05, 4.69) is 4.90 Å². The number of benzene rings is 2. The smallest absolute Gasteiger partial charge is 0.278 e. The Balaban J connectivity index is 1.66. The molecule has 1 fully saturated rings. The Bertz CT molecular complexity index is 920. The van der Waals surface area contributed by atoms with Crippen LogP contribution in [0.3, 0.4) is 0 Å². The van der Waals surface area contributed by atoms with Gasteiger partial charge in [-0.1, -0.05) is 66.5 Å². The molecule has 2 aromatic carbocycles. The molecule has 29 heavy (non-hydrogen) atoms. The lowest BCUT2D eigenvalue weighted by molar-refractivity contribution is -0.138. The van der Waals surface area contributed by atoms with Crippen molar-refractivity contribution >= 4 is 35.2 Å². The number of carbonyl (C=O) groups is 2. The van der Waals surface area contributed by atoms with E-state index in [1.165, 1.54) is 29.5 Å². The summed E-state index contributed by atoms with van der Waals surface area (Å²) < 4.78 is 0. The molecule has 2 aliphatic heterocycles. The molecule has 0 radical (unpaired) electrons. The van der Waals surface area contributed by atoms with Gasteiger partial charge in [-0.2, -0.15) is 0 Å². The zero-order valence-corrected chi connectivity index (χ0v) is 17.7. The minimum atomic E-state index is -0.210. The van der Waals surface area contributed by atoms with Gasteiger partial charge < -0.3 is 4.90 Å². The van der Waals surface area contributed by atoms with Gasteiger partial charge in [0.25, 0.3) is 11.8 Å². The van der Waals surface area contributed by atoms with Crippen LogP contribution in [0.1, 0.15) is 31.2 Å². The van der Waals surface area contributed by atoms with Gasteiger partial charge in [0.05, 0.1) is 6.54 Å². The molecule has 2 aromatic rings. The van der Waals surface area contributed by atoms with E-state index in [0.717, 1.165) is 36.4 Å². The van der Waals surface area contributed by atoms with Crippen LogP contribution in [0.5, 0.6) is 0 Å². The predicted octanol–water partition coefficient (Wildman–Crippen LogP) is 5.09. The summed E-state index contributed by atoms with van der Waals surface area (Å²) in [6.45, 7) is 1.93. The number of thioether (sulfide) groups is 1. The van der Waals surface area contributed by atoms with E-state index in [1.54, 1.807) is 12.1 Å². The number of hydrogen-bond acceptors (Lipinski definition) is 4. The predicted molar refractivity (Wildman–Crippen MR) is 116 cm³/mol. The first-order chi connectivity index (χ1) is 14.1. The lowest BCUT2D eigenvalue weighted by Gasteiger charge is -2.24. The Morgan fingerprint density at radius 1 is 0.828 bits per heavy atom. The number of imide groups is 1. The number of hydrogen-bond donors (Lipinski definition) is 0. The number of rotatable bonds is 5. The first-order valence-electron chi connectivity index (χ1n) is 9.96. The Morgan fingerprint density at radius 3 is 2.14 bits per heavy atom. The quantitative estimate of drug-likeness (QED) is 0.624. The second-order valence-corrected chi connectivity index (χ2v) is 8.84. The summed E-state index contributed by atoms with van der Waals surface area (Å²) in [5, 5.41) is 0.649. The van der Waals surface area contributed by atoms with Crippen molar-refractivity contribution in [1.29, 1.82) is 0 Å². The van der Waals surface area contributed by atoms with Crippen LogP contribution in [-0.2, 0) is 16.1 Å². The summed E-state index contributed by atoms with van der Waals surface area (Å²) in [6.07, 6.45) is 4.42. The lowest BCUT2D eigenvalue weighted by atomic mass is 10.2. The Morgan fingerprint density at radius 2 is 1.48 bits per heavy atom. The van der Waals surface area contributed by atoms with Crippen LogP contribution in [0.25, 0.3) is 0 Å². The molecule has 0 aromatic heterocycles. The molecule has 4 nitrogen and oxygen atoms in total. The second-order valence-electron chi connectivity index (χ2n) is 7.32. The molecule has 1 saturated heterocycles. The lowest BCUT2D eigenvalue weighted by Crippen LogP contribution is -2.35. The Kier molecular flexibility index (Phi) is 6.26. The van der Waals surface area contributed by atoms with Crippen LogP contribution in [0.15, 0.2) is 70.1 Å². The van der Waals surface area contributed by atoms with Gasteiger partial charge in [0, 0.05) is 23.0 Å². The van der Waals surface area contributed by atoms with E-state index in [9.17, 15) is 9.59 Å². The number of likely N-dealkylation sites (tertiary alicyclic amines) is 1. The number of halogens is 1. The summed E-state index contributed by atoms with van der Waals surface area (Å²) in [5.41, 5.74) is 1.51. The van der Waals surface area contributed by atoms with Crippen molar-refractivity contribution in [1.82, 2.24) is 9.80 Å². The molecule has 2 amide bonds. The average Bonchev–Trinajstić information content (AvgIpc) is 2.92. The van der Waals surface area contributed by atoms with Gasteiger partial charge in [-0.3, -0.25) is 14.5 Å². The fourth-order valence-electron chi connectivity index (χ4n) is 3.74. The number of amides is 2. The van der Waals surface area contributed by atoms with Crippen molar-refractivity contribution in [3.05, 3.63) is 75.8 Å². The maximum atomic E-state index is 13.4. The van der Waals surface area contributed by atoms with Crippen LogP contribution in [0.4, 0.5) is 0 Å². The zero-order chi connectivity index (χ0) is 20.2. The highest BCUT2D eigenvalue weighted by atomic mass is 35.5. The molecule has 2 aliphatic rings. The second kappa shape index (κ2) is 9.06. The average molecular weight is 427 g/mol. The molecule has 0 unspecified atom stereocenters. The van der Waals surface area contributed by atoms with Gasteiger partial charge in [0.2, 0.25) is 0 Å². The third-order valence-electron chi connectivity index (χ3n) is 5.24. The van der Waals surface area contributed by atoms with Crippen molar-refractivity contribution in [2.75, 3.05) is 13.1 Å². The van der Waals surface area contributed by atoms with Crippen LogP contribution < -0.4 is 0 Å². The van der Waals surface area contributed by atoms with Gasteiger partial charge in [-0.25, -0.2) is 0 Å². The summed E-state index contributed by atoms with van der Waals surface area (Å²) >= 11 is 7.37. The molecule has 0 N–H and O–H groups in total. The first kappa shape index (κ1) is 20.0. The van der Waals surface area contributed by atoms with E-state index < -0.39 is 0 Å². The molecule has 150 valence electrons. The van der Waals surface area contributed by atoms with Gasteiger partial charge in [-0.05, 0) is 42.7 Å². The molecule has 0 aliphatic carbocycles. The molecular formula is C23H23ClN2O2S. The van der Waals surface area contributed by atoms with E-state index in [-0.39, 0.29) is 11.8 Å². The minimum Gasteiger partial charge on any atom is -0.366 e. The summed E-state index contributed by atoms with van der Waals surface area (Å²) in [7, 11) is 0. The van der Waals surface area contributed by atoms with Crippen LogP contribution >= 0.6 is 23.4 Å². The monoisotopic (exact) mass is 426 g/mol. The van der Waals surface area contributed by atoms with Gasteiger partial charge in [0.1, 0.15) is 10.6 Å². The topological polar surface area (TPSA) is 40.6 Å². The van der Waals surface area contributed by atoms with Crippen molar-refractivity contribution in [2.45, 2.75) is 37.1 Å². The normalized spacial score (nSPS) is 17.8. The van der Waals surface area contributed by atoms with Crippen molar-refractivity contribution < 1.29 is 9.59 Å². The molecule has 2 heterocycles. The minimum absolute atomic E-state index is 0.183. The van der Waals surface area contributed by atoms with Crippen LogP contribution in [0, 0.1) is 0 Å². The highest BCUT2D eigenvalue weighted by molar-refractivity contribution is 8.04. The van der Waals surface area contributed by atoms with E-state index in [0.29, 0.717) is 22.2 Å². The molecule has 4 rings (SSSR count). The van der Waals surface area contributed by atoms with Gasteiger partial charge in [0.15, 0.2) is 0 Å². The van der Waals surface area contributed by atoms with Gasteiger partial charge in [-0.15, -0.1) is 0 Å². The fraction of sp³-hybridized carbons (Fsp3) is 0.304. The Labute approximate surface area is 180 Å². The maximum Gasteiger partial charge on any atom is 0.278 e. The molecular weight excluding hydrogens is 404 g/mol. The molecule has 0 saturated carbocycles. The third-order valence-corrected chi connectivity index (χ3v) is 6.57. The van der Waals surface area contributed by atoms with Crippen LogP contribution in [0.2, 0.25) is 5.02 Å². The molecule has 0 spiro atoms. The largest absolute Gasteiger partial charge is 0.366 e. The van der Waals surface area contributed by atoms with E-state index in [4.69, 9.17) is 11.6 Å². The first-order valence-corrected chi connectivity index (χ1v) is 11.2. The van der Waals surface area contributed by atoms with Crippen LogP contribution in [-0.4, -0.2) is 34.7 Å². The van der Waals surface area contributed by atoms with Gasteiger partial charge >= 0.3 is 0 Å². The third kappa shape index (κ3) is 4.51. The van der Waals surface area contributed by atoms with Crippen molar-refractivity contribution in [3.8, 4) is 0 Å². The molecule has 6 heteroatoms. The molecule has 0 bridgehead atoms. The van der Waals surface area contributed by atoms with E-state index >= 15 is 0 Å². The summed E-state index contributed by atoms with van der Waals surface area (Å²) in [6, 6.07) is 17.0. The standard InChI is InChI=1S/C23H23ClN2O2S/c24-18-10-12-19(13-11-18)29-21-20(25-14-6-1-2-7-15-25)22(27)26(23(21)28)16-17-8-4-3-5-9-17/h3-5,8-13H,1-2,6-7,14-16H2. The molecule has 0 atom stereocenters. The van der Waals surface area contributed by atoms with E-state index in [1.807, 2.05) is 42.5 Å².